The van der Waals surface area contributed by atoms with Crippen molar-refractivity contribution < 1.29 is 33.6 Å². The van der Waals surface area contributed by atoms with Crippen LogP contribution < -0.4 is 14.8 Å². The summed E-state index contributed by atoms with van der Waals surface area (Å²) in [6, 6.07) is 14.2. The SMILES string of the molecule is CCOC(=O)/C=C/C=C/C[C@@H](C)[C@@H](OC(=O)Nc1ccc(OC)cc1)c1ccc(OCCO)cc1. The molecule has 0 bridgehead atoms. The smallest absolute Gasteiger partial charge is 0.412 e. The van der Waals surface area contributed by atoms with Gasteiger partial charge >= 0.3 is 12.1 Å². The lowest BCUT2D eigenvalue weighted by molar-refractivity contribution is -0.137. The molecule has 2 aromatic carbocycles. The zero-order valence-corrected chi connectivity index (χ0v) is 20.3. The van der Waals surface area contributed by atoms with Gasteiger partial charge in [0.1, 0.15) is 24.2 Å². The highest BCUT2D eigenvalue weighted by molar-refractivity contribution is 5.84. The van der Waals surface area contributed by atoms with E-state index in [1.165, 1.54) is 6.08 Å². The number of benzene rings is 2. The Kier molecular flexibility index (Phi) is 11.9. The summed E-state index contributed by atoms with van der Waals surface area (Å²) in [6.07, 6.45) is 6.09. The number of amides is 1. The Morgan fingerprint density at radius 1 is 1.03 bits per heavy atom. The van der Waals surface area contributed by atoms with Gasteiger partial charge in [-0.3, -0.25) is 5.32 Å². The fraction of sp³-hybridized carbons (Fsp3) is 0.333. The Labute approximate surface area is 206 Å². The maximum Gasteiger partial charge on any atom is 0.412 e. The number of rotatable bonds is 13. The summed E-state index contributed by atoms with van der Waals surface area (Å²) < 4.78 is 21.2. The second-order valence-electron chi connectivity index (χ2n) is 7.57. The van der Waals surface area contributed by atoms with Gasteiger partial charge in [0, 0.05) is 17.7 Å². The number of methoxy groups -OCH3 is 1. The van der Waals surface area contributed by atoms with Gasteiger partial charge in [0.15, 0.2) is 0 Å². The number of anilines is 1. The highest BCUT2D eigenvalue weighted by Crippen LogP contribution is 2.31. The summed E-state index contributed by atoms with van der Waals surface area (Å²) in [7, 11) is 1.57. The number of hydrogen-bond acceptors (Lipinski definition) is 7. The Morgan fingerprint density at radius 2 is 1.71 bits per heavy atom. The van der Waals surface area contributed by atoms with Crippen molar-refractivity contribution in [3.05, 3.63) is 78.4 Å². The van der Waals surface area contributed by atoms with Gasteiger partial charge < -0.3 is 24.1 Å². The van der Waals surface area contributed by atoms with E-state index in [2.05, 4.69) is 5.32 Å². The van der Waals surface area contributed by atoms with Crippen LogP contribution in [0.15, 0.2) is 72.8 Å². The van der Waals surface area contributed by atoms with Crippen LogP contribution in [0.4, 0.5) is 10.5 Å². The van der Waals surface area contributed by atoms with Crippen molar-refractivity contribution in [3.8, 4) is 11.5 Å². The maximum atomic E-state index is 12.7. The van der Waals surface area contributed by atoms with E-state index in [1.54, 1.807) is 62.6 Å². The van der Waals surface area contributed by atoms with E-state index in [-0.39, 0.29) is 19.1 Å². The molecular weight excluding hydrogens is 450 g/mol. The minimum Gasteiger partial charge on any atom is -0.497 e. The highest BCUT2D eigenvalue weighted by atomic mass is 16.6. The van der Waals surface area contributed by atoms with Crippen LogP contribution in [0.5, 0.6) is 11.5 Å². The Hall–Kier alpha value is -3.78. The molecule has 1 amide bonds. The fourth-order valence-electron chi connectivity index (χ4n) is 3.19. The van der Waals surface area contributed by atoms with Gasteiger partial charge in [-0.1, -0.05) is 37.3 Å². The molecule has 35 heavy (non-hydrogen) atoms. The van der Waals surface area contributed by atoms with E-state index < -0.39 is 18.2 Å². The predicted molar refractivity (Wildman–Crippen MR) is 134 cm³/mol. The van der Waals surface area contributed by atoms with Crippen molar-refractivity contribution in [1.29, 1.82) is 0 Å². The summed E-state index contributed by atoms with van der Waals surface area (Å²) in [4.78, 5) is 24.1. The molecule has 2 rings (SSSR count). The molecule has 0 spiro atoms. The molecule has 0 radical (unpaired) electrons. The predicted octanol–water partition coefficient (Wildman–Crippen LogP) is 5.06. The summed E-state index contributed by atoms with van der Waals surface area (Å²) in [5.74, 6) is 0.821. The number of esters is 1. The van der Waals surface area contributed by atoms with Crippen LogP contribution in [0, 0.1) is 5.92 Å². The van der Waals surface area contributed by atoms with Crippen LogP contribution in [-0.4, -0.2) is 44.1 Å². The molecule has 0 heterocycles. The molecule has 188 valence electrons. The van der Waals surface area contributed by atoms with Gasteiger partial charge in [-0.05, 0) is 55.3 Å². The molecule has 8 nitrogen and oxygen atoms in total. The first-order valence-electron chi connectivity index (χ1n) is 11.4. The largest absolute Gasteiger partial charge is 0.497 e. The molecule has 0 saturated carbocycles. The maximum absolute atomic E-state index is 12.7. The van der Waals surface area contributed by atoms with Gasteiger partial charge in [0.2, 0.25) is 0 Å². The standard InChI is InChI=1S/C27H33NO7/c1-4-33-25(30)9-7-5-6-8-20(2)26(21-10-14-24(15-11-21)34-19-18-29)35-27(31)28-22-12-16-23(32-3)17-13-22/h5-7,9-17,20,26,29H,4,8,18-19H2,1-3H3,(H,28,31)/b6-5+,9-7+/t20-,26-/m1/s1. The number of carbonyl (C=O) groups is 2. The number of carbonyl (C=O) groups excluding carboxylic acids is 2. The number of allylic oxidation sites excluding steroid dienone is 3. The zero-order chi connectivity index (χ0) is 25.5. The van der Waals surface area contributed by atoms with E-state index >= 15 is 0 Å². The lowest BCUT2D eigenvalue weighted by Crippen LogP contribution is -2.21. The first-order valence-corrected chi connectivity index (χ1v) is 11.4. The van der Waals surface area contributed by atoms with E-state index in [1.807, 2.05) is 25.1 Å². The van der Waals surface area contributed by atoms with E-state index in [4.69, 9.17) is 24.1 Å². The minimum atomic E-state index is -0.584. The van der Waals surface area contributed by atoms with Crippen LogP contribution in [0.2, 0.25) is 0 Å². The molecule has 0 aromatic heterocycles. The molecule has 0 saturated heterocycles. The van der Waals surface area contributed by atoms with Crippen molar-refractivity contribution in [2.75, 3.05) is 32.2 Å². The van der Waals surface area contributed by atoms with Crippen molar-refractivity contribution >= 4 is 17.7 Å². The third-order valence-corrected chi connectivity index (χ3v) is 4.93. The van der Waals surface area contributed by atoms with Crippen LogP contribution in [-0.2, 0) is 14.3 Å². The van der Waals surface area contributed by atoms with Gasteiger partial charge in [-0.2, -0.15) is 0 Å². The average molecular weight is 484 g/mol. The molecule has 2 aromatic rings. The molecule has 0 aliphatic heterocycles. The Balaban J connectivity index is 2.10. The second-order valence-corrected chi connectivity index (χ2v) is 7.57. The monoisotopic (exact) mass is 483 g/mol. The minimum absolute atomic E-state index is 0.0759. The summed E-state index contributed by atoms with van der Waals surface area (Å²) in [5, 5.41) is 11.7. The van der Waals surface area contributed by atoms with Gasteiger partial charge in [-0.25, -0.2) is 9.59 Å². The lowest BCUT2D eigenvalue weighted by atomic mass is 9.94. The lowest BCUT2D eigenvalue weighted by Gasteiger charge is -2.24. The fourth-order valence-corrected chi connectivity index (χ4v) is 3.19. The van der Waals surface area contributed by atoms with Crippen molar-refractivity contribution in [1.82, 2.24) is 0 Å². The van der Waals surface area contributed by atoms with E-state index in [0.29, 0.717) is 30.2 Å². The summed E-state index contributed by atoms with van der Waals surface area (Å²) in [5.41, 5.74) is 1.38. The topological polar surface area (TPSA) is 103 Å². The Morgan fingerprint density at radius 3 is 2.34 bits per heavy atom. The van der Waals surface area contributed by atoms with E-state index in [0.717, 1.165) is 5.56 Å². The van der Waals surface area contributed by atoms with Gasteiger partial charge in [0.25, 0.3) is 0 Å². The second kappa shape index (κ2) is 15.2. The normalized spacial score (nSPS) is 12.8. The van der Waals surface area contributed by atoms with Crippen molar-refractivity contribution in [3.63, 3.8) is 0 Å². The van der Waals surface area contributed by atoms with Crippen LogP contribution in [0.3, 0.4) is 0 Å². The Bertz CT molecular complexity index is 968. The molecule has 8 heteroatoms. The first-order chi connectivity index (χ1) is 17.0. The van der Waals surface area contributed by atoms with E-state index in [9.17, 15) is 9.59 Å². The van der Waals surface area contributed by atoms with Crippen LogP contribution in [0.25, 0.3) is 0 Å². The number of aliphatic hydroxyl groups excluding tert-OH is 1. The molecule has 0 aliphatic carbocycles. The van der Waals surface area contributed by atoms with Crippen LogP contribution >= 0.6 is 0 Å². The highest BCUT2D eigenvalue weighted by Gasteiger charge is 2.23. The van der Waals surface area contributed by atoms with Gasteiger partial charge in [0.05, 0.1) is 20.3 Å². The number of hydrogen-bond donors (Lipinski definition) is 2. The number of ether oxygens (including phenoxy) is 4. The number of aliphatic hydroxyl groups is 1. The number of nitrogens with one attached hydrogen (secondary N) is 1. The molecule has 2 atom stereocenters. The zero-order valence-electron chi connectivity index (χ0n) is 20.3. The molecule has 0 unspecified atom stereocenters. The summed E-state index contributed by atoms with van der Waals surface area (Å²) >= 11 is 0. The third kappa shape index (κ3) is 9.93. The van der Waals surface area contributed by atoms with Gasteiger partial charge in [-0.15, -0.1) is 0 Å². The summed E-state index contributed by atoms with van der Waals surface area (Å²) in [6.45, 7) is 4.17. The quantitative estimate of drug-likeness (QED) is 0.233. The van der Waals surface area contributed by atoms with Crippen LogP contribution in [0.1, 0.15) is 31.9 Å². The molecular formula is C27H33NO7. The average Bonchev–Trinajstić information content (AvgIpc) is 2.86. The molecule has 0 aliphatic rings. The molecule has 2 N–H and O–H groups in total. The van der Waals surface area contributed by atoms with Crippen molar-refractivity contribution in [2.45, 2.75) is 26.4 Å². The third-order valence-electron chi connectivity index (χ3n) is 4.93. The van der Waals surface area contributed by atoms with Crippen molar-refractivity contribution in [2.24, 2.45) is 5.92 Å². The molecule has 0 fully saturated rings. The first kappa shape index (κ1) is 27.5.